The quantitative estimate of drug-likeness (QED) is 0.890. The van der Waals surface area contributed by atoms with E-state index in [0.29, 0.717) is 12.6 Å². The predicted molar refractivity (Wildman–Crippen MR) is 101 cm³/mol. The normalized spacial score (nSPS) is 21.5. The molecule has 4 rings (SSSR count). The third kappa shape index (κ3) is 3.92. The topological polar surface area (TPSA) is 51.6 Å². The van der Waals surface area contributed by atoms with Crippen molar-refractivity contribution in [3.05, 3.63) is 36.3 Å². The second-order valence-electron chi connectivity index (χ2n) is 7.34. The first kappa shape index (κ1) is 17.5. The van der Waals surface area contributed by atoms with E-state index in [-0.39, 0.29) is 6.10 Å². The Bertz CT molecular complexity index is 720. The maximum absolute atomic E-state index is 6.03. The van der Waals surface area contributed by atoms with E-state index in [4.69, 9.17) is 14.5 Å². The number of nitrogens with one attached hydrogen (secondary N) is 1. The summed E-state index contributed by atoms with van der Waals surface area (Å²) in [4.78, 5) is 7.14. The fourth-order valence-corrected chi connectivity index (χ4v) is 3.73. The van der Waals surface area contributed by atoms with Crippen molar-refractivity contribution in [2.45, 2.75) is 38.1 Å². The Morgan fingerprint density at radius 3 is 2.73 bits per heavy atom. The van der Waals surface area contributed by atoms with E-state index in [1.54, 1.807) is 7.11 Å². The third-order valence-corrected chi connectivity index (χ3v) is 5.45. The summed E-state index contributed by atoms with van der Waals surface area (Å²) in [5.41, 5.74) is 2.10. The van der Waals surface area contributed by atoms with Crippen LogP contribution in [0.1, 0.15) is 18.7 Å². The largest absolute Gasteiger partial charge is 0.497 e. The van der Waals surface area contributed by atoms with Gasteiger partial charge in [0.25, 0.3) is 0 Å². The fraction of sp³-hybridized carbons (Fsp3) is 0.550. The molecule has 1 atom stereocenters. The molecule has 0 unspecified atom stereocenters. The molecule has 0 saturated carbocycles. The van der Waals surface area contributed by atoms with Crippen LogP contribution in [0.5, 0.6) is 5.75 Å². The summed E-state index contributed by atoms with van der Waals surface area (Å²) in [5.74, 6) is 1.87. The molecule has 6 heteroatoms. The van der Waals surface area contributed by atoms with Crippen LogP contribution in [0, 0.1) is 0 Å². The molecule has 0 bridgehead atoms. The van der Waals surface area contributed by atoms with Crippen molar-refractivity contribution in [3.63, 3.8) is 0 Å². The van der Waals surface area contributed by atoms with Crippen LogP contribution in [0.2, 0.25) is 0 Å². The van der Waals surface area contributed by atoms with Gasteiger partial charge in [0.1, 0.15) is 18.2 Å². The smallest absolute Gasteiger partial charge is 0.135 e. The number of likely N-dealkylation sites (tertiary alicyclic amines) is 1. The number of hydrogen-bond acceptors (Lipinski definition) is 5. The highest BCUT2D eigenvalue weighted by molar-refractivity contribution is 5.59. The van der Waals surface area contributed by atoms with Gasteiger partial charge >= 0.3 is 0 Å². The van der Waals surface area contributed by atoms with Crippen LogP contribution in [0.3, 0.4) is 0 Å². The standard InChI is InChI=1S/C20H28N4O2/c1-23-9-7-16(8-10-23)21-11-18-12-24-13-19(22-20(24)14-26-18)15-3-5-17(25-2)6-4-15/h3-6,13,16,18,21H,7-12,14H2,1-2H3/t18-/m0/s1. The molecule has 1 aromatic heterocycles. The highest BCUT2D eigenvalue weighted by Gasteiger charge is 2.23. The Balaban J connectivity index is 1.35. The van der Waals surface area contributed by atoms with Crippen molar-refractivity contribution in [2.75, 3.05) is 33.8 Å². The zero-order chi connectivity index (χ0) is 17.9. The van der Waals surface area contributed by atoms with Gasteiger partial charge < -0.3 is 24.3 Å². The van der Waals surface area contributed by atoms with Crippen molar-refractivity contribution in [1.82, 2.24) is 19.8 Å². The maximum atomic E-state index is 6.03. The molecule has 2 aliphatic rings. The number of piperidine rings is 1. The van der Waals surface area contributed by atoms with Gasteiger partial charge in [0.2, 0.25) is 0 Å². The van der Waals surface area contributed by atoms with E-state index < -0.39 is 0 Å². The van der Waals surface area contributed by atoms with Crippen molar-refractivity contribution >= 4 is 0 Å². The number of imidazole rings is 1. The predicted octanol–water partition coefficient (Wildman–Crippen LogP) is 2.14. The summed E-state index contributed by atoms with van der Waals surface area (Å²) in [6, 6.07) is 8.66. The Morgan fingerprint density at radius 2 is 2.00 bits per heavy atom. The van der Waals surface area contributed by atoms with Crippen LogP contribution in [0.25, 0.3) is 11.3 Å². The molecular weight excluding hydrogens is 328 g/mol. The molecule has 6 nitrogen and oxygen atoms in total. The minimum atomic E-state index is 0.208. The van der Waals surface area contributed by atoms with Gasteiger partial charge in [-0.05, 0) is 57.2 Å². The number of benzene rings is 1. The van der Waals surface area contributed by atoms with E-state index >= 15 is 0 Å². The van der Waals surface area contributed by atoms with Crippen LogP contribution < -0.4 is 10.1 Å². The summed E-state index contributed by atoms with van der Waals surface area (Å²) in [6.07, 6.45) is 4.80. The van der Waals surface area contributed by atoms with Gasteiger partial charge in [0.15, 0.2) is 0 Å². The zero-order valence-corrected chi connectivity index (χ0v) is 15.6. The van der Waals surface area contributed by atoms with Gasteiger partial charge in [0, 0.05) is 24.3 Å². The van der Waals surface area contributed by atoms with Crippen LogP contribution in [-0.2, 0) is 17.9 Å². The van der Waals surface area contributed by atoms with Gasteiger partial charge in [0.05, 0.1) is 25.5 Å². The first-order valence-corrected chi connectivity index (χ1v) is 9.45. The van der Waals surface area contributed by atoms with E-state index in [9.17, 15) is 0 Å². The summed E-state index contributed by atoms with van der Waals surface area (Å²) < 4.78 is 13.5. The van der Waals surface area contributed by atoms with E-state index in [1.165, 1.54) is 25.9 Å². The summed E-state index contributed by atoms with van der Waals surface area (Å²) in [6.45, 7) is 4.71. The molecule has 3 heterocycles. The molecule has 0 radical (unpaired) electrons. The number of ether oxygens (including phenoxy) is 2. The van der Waals surface area contributed by atoms with Gasteiger partial charge in [-0.2, -0.15) is 0 Å². The molecule has 2 aliphatic heterocycles. The molecular formula is C20H28N4O2. The lowest BCUT2D eigenvalue weighted by Crippen LogP contribution is -2.45. The molecule has 1 fully saturated rings. The minimum absolute atomic E-state index is 0.208. The number of rotatable bonds is 5. The van der Waals surface area contributed by atoms with Crippen LogP contribution >= 0.6 is 0 Å². The van der Waals surface area contributed by atoms with Gasteiger partial charge in [-0.1, -0.05) is 0 Å². The molecule has 1 N–H and O–H groups in total. The van der Waals surface area contributed by atoms with Crippen molar-refractivity contribution in [2.24, 2.45) is 0 Å². The molecule has 140 valence electrons. The van der Waals surface area contributed by atoms with Crippen molar-refractivity contribution < 1.29 is 9.47 Å². The van der Waals surface area contributed by atoms with E-state index in [0.717, 1.165) is 35.9 Å². The lowest BCUT2D eigenvalue weighted by Gasteiger charge is -2.31. The molecule has 0 spiro atoms. The molecule has 0 aliphatic carbocycles. The monoisotopic (exact) mass is 356 g/mol. The third-order valence-electron chi connectivity index (χ3n) is 5.45. The summed E-state index contributed by atoms with van der Waals surface area (Å²) in [7, 11) is 3.88. The van der Waals surface area contributed by atoms with Crippen molar-refractivity contribution in [1.29, 1.82) is 0 Å². The van der Waals surface area contributed by atoms with Crippen LogP contribution in [-0.4, -0.2) is 60.4 Å². The van der Waals surface area contributed by atoms with Crippen molar-refractivity contribution in [3.8, 4) is 17.0 Å². The molecule has 0 amide bonds. The second kappa shape index (κ2) is 7.78. The van der Waals surface area contributed by atoms with Crippen LogP contribution in [0.15, 0.2) is 30.5 Å². The van der Waals surface area contributed by atoms with Gasteiger partial charge in [-0.3, -0.25) is 0 Å². The Labute approximate surface area is 155 Å². The Kier molecular flexibility index (Phi) is 5.24. The fourth-order valence-electron chi connectivity index (χ4n) is 3.73. The minimum Gasteiger partial charge on any atom is -0.497 e. The highest BCUT2D eigenvalue weighted by atomic mass is 16.5. The maximum Gasteiger partial charge on any atom is 0.135 e. The Hall–Kier alpha value is -1.89. The van der Waals surface area contributed by atoms with Crippen LogP contribution in [0.4, 0.5) is 0 Å². The molecule has 1 saturated heterocycles. The molecule has 26 heavy (non-hydrogen) atoms. The SMILES string of the molecule is COc1ccc(-c2cn3c(n2)CO[C@@H](CNC2CCN(C)CC2)C3)cc1. The summed E-state index contributed by atoms with van der Waals surface area (Å²) in [5, 5.41) is 3.69. The molecule has 2 aromatic rings. The Morgan fingerprint density at radius 1 is 1.23 bits per heavy atom. The van der Waals surface area contributed by atoms with Gasteiger partial charge in [-0.15, -0.1) is 0 Å². The number of hydrogen-bond donors (Lipinski definition) is 1. The van der Waals surface area contributed by atoms with E-state index in [2.05, 4.69) is 28.0 Å². The first-order valence-electron chi connectivity index (χ1n) is 9.45. The molecule has 1 aromatic carbocycles. The number of nitrogens with zero attached hydrogens (tertiary/aromatic N) is 3. The van der Waals surface area contributed by atoms with E-state index in [1.807, 2.05) is 24.3 Å². The summed E-state index contributed by atoms with van der Waals surface area (Å²) >= 11 is 0. The number of aromatic nitrogens is 2. The number of methoxy groups -OCH3 is 1. The number of fused-ring (bicyclic) bond motifs is 1. The average Bonchev–Trinajstić information content (AvgIpc) is 3.11. The lowest BCUT2D eigenvalue weighted by atomic mass is 10.1. The first-order chi connectivity index (χ1) is 12.7. The second-order valence-corrected chi connectivity index (χ2v) is 7.34. The highest BCUT2D eigenvalue weighted by Crippen LogP contribution is 2.24. The lowest BCUT2D eigenvalue weighted by molar-refractivity contribution is 0.000430. The van der Waals surface area contributed by atoms with Gasteiger partial charge in [-0.25, -0.2) is 4.98 Å². The zero-order valence-electron chi connectivity index (χ0n) is 15.6. The average molecular weight is 356 g/mol.